The molecule has 8 nitrogen and oxygen atoms in total. The second-order valence-electron chi connectivity index (χ2n) is 8.75. The number of hydrogen-bond donors (Lipinski definition) is 3. The molecule has 0 saturated carbocycles. The third-order valence-corrected chi connectivity index (χ3v) is 6.95. The molecule has 5 rings (SSSR count). The third kappa shape index (κ3) is 2.59. The molecule has 0 unspecified atom stereocenters. The van der Waals surface area contributed by atoms with Crippen LogP contribution in [0.3, 0.4) is 0 Å². The Balaban J connectivity index is 1.67. The zero-order chi connectivity index (χ0) is 22.8. The van der Waals surface area contributed by atoms with Crippen molar-refractivity contribution in [3.63, 3.8) is 0 Å². The lowest BCUT2D eigenvalue weighted by Crippen LogP contribution is -2.53. The number of hydrogen-bond acceptors (Lipinski definition) is 5. The summed E-state index contributed by atoms with van der Waals surface area (Å²) in [5.74, 6) is -4.02. The molecule has 0 aliphatic carbocycles. The molecule has 2 aromatic rings. The summed E-state index contributed by atoms with van der Waals surface area (Å²) in [6.07, 6.45) is -0.0432. The number of carbonyl (C=O) groups is 4. The number of imide groups is 1. The molecule has 1 spiro atoms. The van der Waals surface area contributed by atoms with Gasteiger partial charge in [0.15, 0.2) is 0 Å². The Morgan fingerprint density at radius 1 is 1.03 bits per heavy atom. The largest absolute Gasteiger partial charge is 0.481 e. The van der Waals surface area contributed by atoms with Crippen LogP contribution in [-0.4, -0.2) is 34.8 Å². The van der Waals surface area contributed by atoms with Crippen LogP contribution in [0.5, 0.6) is 0 Å². The highest BCUT2D eigenvalue weighted by Gasteiger charge is 2.70. The highest BCUT2D eigenvalue weighted by molar-refractivity contribution is 6.26. The summed E-state index contributed by atoms with van der Waals surface area (Å²) in [4.78, 5) is 53.4. The Bertz CT molecular complexity index is 1170. The summed E-state index contributed by atoms with van der Waals surface area (Å²) >= 11 is 0. The van der Waals surface area contributed by atoms with Crippen LogP contribution in [0.2, 0.25) is 0 Å². The van der Waals surface area contributed by atoms with Gasteiger partial charge in [-0.3, -0.25) is 24.5 Å². The van der Waals surface area contributed by atoms with Gasteiger partial charge in [-0.2, -0.15) is 0 Å². The summed E-state index contributed by atoms with van der Waals surface area (Å²) < 4.78 is 0. The van der Waals surface area contributed by atoms with Crippen LogP contribution in [0.1, 0.15) is 29.5 Å². The van der Waals surface area contributed by atoms with Crippen molar-refractivity contribution in [3.8, 4) is 0 Å². The molecular weight excluding hydrogens is 410 g/mol. The minimum Gasteiger partial charge on any atom is -0.481 e. The van der Waals surface area contributed by atoms with Gasteiger partial charge in [-0.25, -0.2) is 4.90 Å². The van der Waals surface area contributed by atoms with Crippen LogP contribution in [0.4, 0.5) is 11.4 Å². The number of nitrogens with one attached hydrogen (secondary N) is 2. The number of nitrogens with zero attached hydrogens (tertiary/aromatic N) is 1. The number of carbonyl (C=O) groups excluding carboxylic acids is 3. The number of amides is 3. The van der Waals surface area contributed by atoms with Gasteiger partial charge in [0.1, 0.15) is 5.54 Å². The van der Waals surface area contributed by atoms with Crippen molar-refractivity contribution in [1.82, 2.24) is 5.32 Å². The van der Waals surface area contributed by atoms with Gasteiger partial charge in [0.05, 0.1) is 17.5 Å². The summed E-state index contributed by atoms with van der Waals surface area (Å²) in [6.45, 7) is 3.68. The quantitative estimate of drug-likeness (QED) is 0.636. The third-order valence-electron chi connectivity index (χ3n) is 6.95. The number of carboxylic acids is 1. The number of fused-ring (bicyclic) bond motifs is 4. The Hall–Kier alpha value is -3.52. The molecule has 3 aliphatic heterocycles. The molecule has 3 aliphatic rings. The van der Waals surface area contributed by atoms with Crippen LogP contribution in [0, 0.1) is 25.7 Å². The number of aryl methyl sites for hydroxylation is 2. The monoisotopic (exact) mass is 433 g/mol. The van der Waals surface area contributed by atoms with Crippen LogP contribution in [-0.2, 0) is 24.7 Å². The van der Waals surface area contributed by atoms with E-state index in [0.717, 1.165) is 11.1 Å². The van der Waals surface area contributed by atoms with E-state index >= 15 is 0 Å². The van der Waals surface area contributed by atoms with Crippen LogP contribution in [0.25, 0.3) is 0 Å². The Labute approximate surface area is 184 Å². The van der Waals surface area contributed by atoms with Crippen molar-refractivity contribution < 1.29 is 24.3 Å². The van der Waals surface area contributed by atoms with Crippen LogP contribution in [0.15, 0.2) is 42.5 Å². The average Bonchev–Trinajstić information content (AvgIpc) is 3.32. The van der Waals surface area contributed by atoms with Gasteiger partial charge in [-0.15, -0.1) is 0 Å². The molecule has 3 amide bonds. The molecule has 4 atom stereocenters. The number of rotatable bonds is 4. The summed E-state index contributed by atoms with van der Waals surface area (Å²) in [5.41, 5.74) is 1.90. The van der Waals surface area contributed by atoms with E-state index in [1.807, 2.05) is 32.0 Å². The molecule has 3 N–H and O–H groups in total. The highest BCUT2D eigenvalue weighted by atomic mass is 16.4. The summed E-state index contributed by atoms with van der Waals surface area (Å²) in [7, 11) is 0. The zero-order valence-electron chi connectivity index (χ0n) is 17.7. The predicted molar refractivity (Wildman–Crippen MR) is 116 cm³/mol. The first-order chi connectivity index (χ1) is 15.3. The highest BCUT2D eigenvalue weighted by Crippen LogP contribution is 2.54. The van der Waals surface area contributed by atoms with E-state index in [1.165, 1.54) is 4.90 Å². The zero-order valence-corrected chi connectivity index (χ0v) is 17.7. The van der Waals surface area contributed by atoms with Gasteiger partial charge in [0.25, 0.3) is 0 Å². The Morgan fingerprint density at radius 2 is 1.72 bits per heavy atom. The molecule has 3 heterocycles. The normalized spacial score (nSPS) is 28.2. The molecule has 2 aromatic carbocycles. The minimum atomic E-state index is -1.41. The summed E-state index contributed by atoms with van der Waals surface area (Å²) in [5, 5.41) is 15.3. The molecule has 8 heteroatoms. The van der Waals surface area contributed by atoms with Gasteiger partial charge < -0.3 is 10.4 Å². The van der Waals surface area contributed by atoms with Gasteiger partial charge in [-0.05, 0) is 37.5 Å². The molecule has 2 fully saturated rings. The van der Waals surface area contributed by atoms with E-state index in [4.69, 9.17) is 0 Å². The van der Waals surface area contributed by atoms with E-state index in [1.54, 1.807) is 24.3 Å². The molecule has 164 valence electrons. The van der Waals surface area contributed by atoms with Crippen molar-refractivity contribution in [2.45, 2.75) is 38.3 Å². The smallest absolute Gasteiger partial charge is 0.303 e. The van der Waals surface area contributed by atoms with Crippen LogP contribution >= 0.6 is 0 Å². The Morgan fingerprint density at radius 3 is 2.41 bits per heavy atom. The first-order valence-corrected chi connectivity index (χ1v) is 10.6. The second kappa shape index (κ2) is 7.00. The number of carboxylic acid groups (broad SMARTS) is 1. The topological polar surface area (TPSA) is 116 Å². The minimum absolute atomic E-state index is 0.132. The predicted octanol–water partition coefficient (Wildman–Crippen LogP) is 2.09. The van der Waals surface area contributed by atoms with E-state index in [2.05, 4.69) is 10.6 Å². The molecule has 2 saturated heterocycles. The van der Waals surface area contributed by atoms with Gasteiger partial charge in [0, 0.05) is 23.7 Å². The van der Waals surface area contributed by atoms with Gasteiger partial charge in [0.2, 0.25) is 17.7 Å². The molecular formula is C24H23N3O5. The first-order valence-electron chi connectivity index (χ1n) is 10.6. The number of benzene rings is 2. The maximum atomic E-state index is 13.9. The summed E-state index contributed by atoms with van der Waals surface area (Å²) in [6, 6.07) is 12.0. The fourth-order valence-corrected chi connectivity index (χ4v) is 5.66. The maximum absolute atomic E-state index is 13.9. The molecule has 0 aromatic heterocycles. The van der Waals surface area contributed by atoms with E-state index in [9.17, 15) is 24.3 Å². The average molecular weight is 433 g/mol. The van der Waals surface area contributed by atoms with Crippen molar-refractivity contribution >= 4 is 35.1 Å². The number of para-hydroxylation sites is 2. The first kappa shape index (κ1) is 20.4. The number of anilines is 2. The van der Waals surface area contributed by atoms with E-state index in [-0.39, 0.29) is 12.8 Å². The molecule has 0 radical (unpaired) electrons. The van der Waals surface area contributed by atoms with E-state index < -0.39 is 47.1 Å². The molecule has 0 bridgehead atoms. The van der Waals surface area contributed by atoms with Crippen molar-refractivity contribution in [2.24, 2.45) is 11.8 Å². The lowest BCUT2D eigenvalue weighted by Gasteiger charge is -2.30. The fraction of sp³-hybridized carbons (Fsp3) is 0.333. The lowest BCUT2D eigenvalue weighted by molar-refractivity contribution is -0.137. The SMILES string of the molecule is Cc1cccc(C)c1N1C(=O)[C@@H]2[C@H](CCC(=O)O)N[C@]3(C(=O)Nc4ccccc43)[C@@H]2C1=O. The Kier molecular flexibility index (Phi) is 4.46. The standard InChI is InChI=1S/C24H23N3O5/c1-12-6-5-7-13(2)20(12)27-21(30)18-16(10-11-17(28)29)26-24(19(18)22(27)31)14-8-3-4-9-15(14)25-23(24)32/h3-9,16,18-19,26H,10-11H2,1-2H3,(H,25,32)(H,28,29)/t16-,18+,19-,24-/m0/s1. The van der Waals surface area contributed by atoms with Gasteiger partial charge in [-0.1, -0.05) is 36.4 Å². The van der Waals surface area contributed by atoms with Crippen LogP contribution < -0.4 is 15.5 Å². The maximum Gasteiger partial charge on any atom is 0.303 e. The lowest BCUT2D eigenvalue weighted by atomic mass is 9.76. The molecule has 32 heavy (non-hydrogen) atoms. The van der Waals surface area contributed by atoms with Crippen molar-refractivity contribution in [2.75, 3.05) is 10.2 Å². The second-order valence-corrected chi connectivity index (χ2v) is 8.75. The fourth-order valence-electron chi connectivity index (χ4n) is 5.66. The van der Waals surface area contributed by atoms with Gasteiger partial charge >= 0.3 is 5.97 Å². The van der Waals surface area contributed by atoms with Crippen molar-refractivity contribution in [3.05, 3.63) is 59.2 Å². The van der Waals surface area contributed by atoms with Crippen molar-refractivity contribution in [1.29, 1.82) is 0 Å². The number of aliphatic carboxylic acids is 1. The van der Waals surface area contributed by atoms with E-state index in [0.29, 0.717) is 16.9 Å².